The molecule has 0 atom stereocenters. The molecule has 6 aromatic rings. The Morgan fingerprint density at radius 3 is 0.850 bits per heavy atom. The number of halogens is 1. The molecule has 0 aliphatic carbocycles. The number of aromatic nitrogens is 2. The van der Waals surface area contributed by atoms with E-state index >= 15 is 0 Å². The molecule has 0 amide bonds. The molecular formula is C34H22ClKN2Pt2. The summed E-state index contributed by atoms with van der Waals surface area (Å²) in [5.74, 6) is 0. The van der Waals surface area contributed by atoms with Crippen molar-refractivity contribution in [3.8, 4) is 45.0 Å². The second-order valence-corrected chi connectivity index (χ2v) is 7.92. The van der Waals surface area contributed by atoms with E-state index < -0.39 is 0 Å². The Bertz CT molecular complexity index is 1290. The van der Waals surface area contributed by atoms with Crippen molar-refractivity contribution >= 4 is 9.42 Å². The van der Waals surface area contributed by atoms with Gasteiger partial charge in [0.25, 0.3) is 0 Å². The third kappa shape index (κ3) is 10.4. The van der Waals surface area contributed by atoms with E-state index in [4.69, 9.17) is 0 Å². The molecule has 2 heterocycles. The van der Waals surface area contributed by atoms with Gasteiger partial charge in [-0.3, -0.25) is 0 Å². The summed E-state index contributed by atoms with van der Waals surface area (Å²) in [4.78, 5) is 9.30. The Hall–Kier alpha value is -1.52. The van der Waals surface area contributed by atoms with Crippen LogP contribution in [0.1, 0.15) is 0 Å². The molecule has 0 unspecified atom stereocenters. The number of hydrogen-bond acceptors (Lipinski definition) is 2. The average Bonchev–Trinajstić information content (AvgIpc) is 3.04. The topological polar surface area (TPSA) is 25.8 Å². The van der Waals surface area contributed by atoms with Crippen LogP contribution in [0.4, 0.5) is 0 Å². The molecule has 4 aromatic carbocycles. The maximum Gasteiger partial charge on any atom is 2.00 e. The Morgan fingerprint density at radius 2 is 0.650 bits per heavy atom. The van der Waals surface area contributed by atoms with Crippen LogP contribution in [0.5, 0.6) is 0 Å². The second-order valence-electron chi connectivity index (χ2n) is 7.92. The van der Waals surface area contributed by atoms with Crippen molar-refractivity contribution in [1.82, 2.24) is 9.97 Å². The van der Waals surface area contributed by atoms with Gasteiger partial charge in [-0.2, -0.15) is 0 Å². The zero-order valence-electron chi connectivity index (χ0n) is 21.6. The van der Waals surface area contributed by atoms with Gasteiger partial charge in [0.1, 0.15) is 0 Å². The molecule has 0 N–H and O–H groups in total. The van der Waals surface area contributed by atoms with E-state index in [2.05, 4.69) is 43.7 Å². The zero-order chi connectivity index (χ0) is 26.4. The van der Waals surface area contributed by atoms with Crippen molar-refractivity contribution in [2.24, 2.45) is 0 Å². The molecule has 6 heteroatoms. The fourth-order valence-electron chi connectivity index (χ4n) is 3.68. The van der Waals surface area contributed by atoms with E-state index in [1.165, 1.54) is 0 Å². The van der Waals surface area contributed by atoms with Crippen LogP contribution in [0, 0.1) is 24.3 Å². The predicted octanol–water partition coefficient (Wildman–Crippen LogP) is 5.72. The molecule has 6 rings (SSSR count). The van der Waals surface area contributed by atoms with Crippen LogP contribution in [-0.2, 0) is 39.8 Å². The summed E-state index contributed by atoms with van der Waals surface area (Å²) >= 11 is 1.61. The van der Waals surface area contributed by atoms with Gasteiger partial charge in [-0.15, -0.1) is 144 Å². The zero-order valence-corrected chi connectivity index (χ0v) is 30.0. The standard InChI is InChI=1S/2C17H11N.ClH.K.2Pt/c2*1-3-8-14(9-4-1)16-12-7-13-17(18-16)15-10-5-2-6-11-15;;;;/h2*1-8,10,12-13H;1H;;;/q2*-2;;+1;2*+2/p-1. The van der Waals surface area contributed by atoms with Gasteiger partial charge in [-0.1, -0.05) is 36.4 Å². The van der Waals surface area contributed by atoms with Gasteiger partial charge in [-0.25, -0.2) is 0 Å². The van der Waals surface area contributed by atoms with Crippen LogP contribution in [0.25, 0.3) is 45.0 Å². The molecule has 196 valence electrons. The first-order chi connectivity index (χ1) is 18.9. The van der Waals surface area contributed by atoms with Gasteiger partial charge < -0.3 is 9.97 Å². The Labute approximate surface area is 309 Å². The van der Waals surface area contributed by atoms with Gasteiger partial charge in [-0.05, 0) is 22.8 Å². The third-order valence-corrected chi connectivity index (χ3v) is 5.44. The normalized spacial score (nSPS) is 9.38. The van der Waals surface area contributed by atoms with Crippen molar-refractivity contribution in [2.75, 3.05) is 0 Å². The smallest absolute Gasteiger partial charge is 0.345 e. The van der Waals surface area contributed by atoms with Gasteiger partial charge in [0.15, 0.2) is 0 Å². The molecule has 2 aromatic heterocycles. The molecule has 0 radical (unpaired) electrons. The Morgan fingerprint density at radius 1 is 0.400 bits per heavy atom. The summed E-state index contributed by atoms with van der Waals surface area (Å²) in [7, 11) is 4.61. The number of rotatable bonds is 4. The first-order valence-corrected chi connectivity index (χ1v) is 14.6. The fraction of sp³-hybridized carbons (Fsp3) is 0. The summed E-state index contributed by atoms with van der Waals surface area (Å²) in [6, 6.07) is 56.3. The van der Waals surface area contributed by atoms with Crippen LogP contribution in [-0.4, -0.2) is 9.97 Å². The van der Waals surface area contributed by atoms with E-state index in [1.807, 2.05) is 133 Å². The van der Waals surface area contributed by atoms with Gasteiger partial charge in [0.05, 0.1) is 0 Å². The first-order valence-electron chi connectivity index (χ1n) is 11.8. The maximum atomic E-state index is 4.65. The largest absolute Gasteiger partial charge is 2.00 e. The van der Waals surface area contributed by atoms with E-state index in [9.17, 15) is 0 Å². The Balaban J connectivity index is 0.000000252. The van der Waals surface area contributed by atoms with Crippen LogP contribution >= 0.6 is 9.42 Å². The molecule has 0 aliphatic rings. The molecule has 0 bridgehead atoms. The van der Waals surface area contributed by atoms with E-state index in [-0.39, 0.29) is 72.4 Å². The molecule has 0 spiro atoms. The molecule has 2 nitrogen and oxygen atoms in total. The summed E-state index contributed by atoms with van der Waals surface area (Å²) < 4.78 is 0. The number of pyridine rings is 2. The predicted molar refractivity (Wildman–Crippen MR) is 151 cm³/mol. The fourth-order valence-corrected chi connectivity index (χ4v) is 3.68. The quantitative estimate of drug-likeness (QED) is 0.167. The molecule has 0 fully saturated rings. The van der Waals surface area contributed by atoms with Crippen molar-refractivity contribution in [1.29, 1.82) is 0 Å². The van der Waals surface area contributed by atoms with Crippen molar-refractivity contribution in [2.45, 2.75) is 0 Å². The van der Waals surface area contributed by atoms with E-state index in [0.29, 0.717) is 0 Å². The maximum absolute atomic E-state index is 4.65. The van der Waals surface area contributed by atoms with Crippen LogP contribution in [0.15, 0.2) is 133 Å². The summed E-state index contributed by atoms with van der Waals surface area (Å²) in [5, 5.41) is 0. The van der Waals surface area contributed by atoms with Crippen LogP contribution in [0.2, 0.25) is 0 Å². The molecule has 40 heavy (non-hydrogen) atoms. The second kappa shape index (κ2) is 19.6. The number of nitrogens with zero attached hydrogens (tertiary/aromatic N) is 2. The van der Waals surface area contributed by atoms with Gasteiger partial charge in [0.2, 0.25) is 0 Å². The minimum absolute atomic E-state index is 0. The van der Waals surface area contributed by atoms with Crippen molar-refractivity contribution in [3.63, 3.8) is 0 Å². The molecule has 0 saturated heterocycles. The van der Waals surface area contributed by atoms with Gasteiger partial charge in [0, 0.05) is 0 Å². The SMILES string of the molecule is [Cl][Pt+].[K+].[Pt+2].[c-]1ccccc1-c1cccc(-c2[c-]cccc2)n1.[c-]1ccccc1-c1cccc(-c2[c-]cccc2)n1. The van der Waals surface area contributed by atoms with Crippen LogP contribution < -0.4 is 51.4 Å². The van der Waals surface area contributed by atoms with Crippen molar-refractivity contribution < 1.29 is 91.2 Å². The molecule has 0 saturated carbocycles. The number of benzene rings is 4. The average molecular weight is 923 g/mol. The van der Waals surface area contributed by atoms with E-state index in [1.54, 1.807) is 18.8 Å². The molecule has 0 aliphatic heterocycles. The summed E-state index contributed by atoms with van der Waals surface area (Å²) in [6.07, 6.45) is 0. The monoisotopic (exact) mass is 922 g/mol. The van der Waals surface area contributed by atoms with Crippen molar-refractivity contribution in [3.05, 3.63) is 158 Å². The van der Waals surface area contributed by atoms with Gasteiger partial charge >= 0.3 is 101 Å². The number of hydrogen-bond donors (Lipinski definition) is 0. The minimum atomic E-state index is 0. The third-order valence-electron chi connectivity index (χ3n) is 5.44. The Kier molecular flexibility index (Phi) is 17.0. The summed E-state index contributed by atoms with van der Waals surface area (Å²) in [6.45, 7) is 0. The summed E-state index contributed by atoms with van der Waals surface area (Å²) in [5.41, 5.74) is 7.78. The van der Waals surface area contributed by atoms with E-state index in [0.717, 1.165) is 45.0 Å². The molecular weight excluding hydrogens is 901 g/mol. The minimum Gasteiger partial charge on any atom is -0.345 e. The first kappa shape index (κ1) is 34.7. The van der Waals surface area contributed by atoms with Crippen LogP contribution in [0.3, 0.4) is 0 Å².